The minimum Gasteiger partial charge on any atom is -0.463 e. The van der Waals surface area contributed by atoms with E-state index in [1.165, 1.54) is 7.11 Å². The highest BCUT2D eigenvalue weighted by molar-refractivity contribution is 6.04. The zero-order valence-electron chi connectivity index (χ0n) is 13.3. The Labute approximate surface area is 134 Å². The normalized spacial score (nSPS) is 10.9. The fraction of sp³-hybridized carbons (Fsp3) is 0.222. The maximum Gasteiger partial charge on any atom is 0.250 e. The molecular weight excluding hydrogens is 292 g/mol. The van der Waals surface area contributed by atoms with Crippen molar-refractivity contribution < 1.29 is 13.9 Å². The van der Waals surface area contributed by atoms with E-state index in [1.54, 1.807) is 6.26 Å². The van der Waals surface area contributed by atoms with E-state index in [0.717, 1.165) is 39.2 Å². The second-order valence-electron chi connectivity index (χ2n) is 5.44. The Kier molecular flexibility index (Phi) is 4.12. The molecule has 5 heteroatoms. The number of ether oxygens (including phenoxy) is 1. The van der Waals surface area contributed by atoms with Gasteiger partial charge in [0.25, 0.3) is 0 Å². The van der Waals surface area contributed by atoms with E-state index >= 15 is 0 Å². The number of nitrogens with one attached hydrogen (secondary N) is 1. The summed E-state index contributed by atoms with van der Waals surface area (Å²) in [5.41, 5.74) is 4.44. The van der Waals surface area contributed by atoms with Crippen LogP contribution in [-0.4, -0.2) is 24.6 Å². The first-order valence-corrected chi connectivity index (χ1v) is 7.34. The van der Waals surface area contributed by atoms with E-state index in [-0.39, 0.29) is 12.5 Å². The molecule has 0 unspecified atom stereocenters. The lowest BCUT2D eigenvalue weighted by Crippen LogP contribution is -2.17. The number of fused-ring (bicyclic) bond motifs is 1. The van der Waals surface area contributed by atoms with Gasteiger partial charge in [0.15, 0.2) is 5.76 Å². The minimum atomic E-state index is -0.188. The number of amides is 1. The van der Waals surface area contributed by atoms with Crippen LogP contribution in [0.5, 0.6) is 0 Å². The quantitative estimate of drug-likeness (QED) is 0.798. The molecule has 2 aromatic heterocycles. The van der Waals surface area contributed by atoms with Gasteiger partial charge in [-0.1, -0.05) is 6.07 Å². The van der Waals surface area contributed by atoms with Gasteiger partial charge in [0.05, 0.1) is 17.5 Å². The summed E-state index contributed by atoms with van der Waals surface area (Å²) in [7, 11) is 1.50. The van der Waals surface area contributed by atoms with Crippen LogP contribution in [0.1, 0.15) is 11.1 Å². The second-order valence-corrected chi connectivity index (χ2v) is 5.44. The van der Waals surface area contributed by atoms with Crippen LogP contribution in [0, 0.1) is 13.8 Å². The van der Waals surface area contributed by atoms with E-state index < -0.39 is 0 Å². The summed E-state index contributed by atoms with van der Waals surface area (Å²) in [6, 6.07) is 9.53. The molecule has 0 saturated heterocycles. The van der Waals surface area contributed by atoms with Crippen LogP contribution in [0.4, 0.5) is 5.69 Å². The molecule has 0 fully saturated rings. The minimum absolute atomic E-state index is 0.0202. The molecule has 0 spiro atoms. The number of pyridine rings is 1. The van der Waals surface area contributed by atoms with Gasteiger partial charge >= 0.3 is 0 Å². The number of nitrogens with zero attached hydrogens (tertiary/aromatic N) is 1. The van der Waals surface area contributed by atoms with E-state index in [2.05, 4.69) is 5.32 Å². The molecular formula is C18H18N2O3. The van der Waals surface area contributed by atoms with Gasteiger partial charge in [-0.2, -0.15) is 0 Å². The summed E-state index contributed by atoms with van der Waals surface area (Å²) in [6.45, 7) is 4.02. The van der Waals surface area contributed by atoms with Crippen molar-refractivity contribution in [3.05, 3.63) is 47.7 Å². The first-order chi connectivity index (χ1) is 11.1. The Bertz CT molecular complexity index is 854. The van der Waals surface area contributed by atoms with Crippen molar-refractivity contribution in [2.24, 2.45) is 0 Å². The Morgan fingerprint density at radius 2 is 2.09 bits per heavy atom. The molecule has 3 aromatic rings. The predicted molar refractivity (Wildman–Crippen MR) is 89.4 cm³/mol. The van der Waals surface area contributed by atoms with Crippen LogP contribution >= 0.6 is 0 Å². The monoisotopic (exact) mass is 310 g/mol. The molecule has 1 aromatic carbocycles. The van der Waals surface area contributed by atoms with E-state index in [4.69, 9.17) is 14.1 Å². The van der Waals surface area contributed by atoms with Crippen molar-refractivity contribution in [2.75, 3.05) is 19.0 Å². The largest absolute Gasteiger partial charge is 0.463 e. The number of anilines is 1. The maximum absolute atomic E-state index is 11.8. The first-order valence-electron chi connectivity index (χ1n) is 7.34. The lowest BCUT2D eigenvalue weighted by atomic mass is 10.0. The highest BCUT2D eigenvalue weighted by atomic mass is 16.5. The highest BCUT2D eigenvalue weighted by Crippen LogP contribution is 2.31. The molecule has 0 aliphatic heterocycles. The summed E-state index contributed by atoms with van der Waals surface area (Å²) in [5, 5.41) is 3.82. The van der Waals surface area contributed by atoms with Crippen molar-refractivity contribution in [1.82, 2.24) is 4.98 Å². The maximum atomic E-state index is 11.8. The molecule has 23 heavy (non-hydrogen) atoms. The zero-order valence-corrected chi connectivity index (χ0v) is 13.3. The molecule has 1 N–H and O–H groups in total. The first kappa shape index (κ1) is 15.2. The van der Waals surface area contributed by atoms with Crippen LogP contribution in [0.25, 0.3) is 22.4 Å². The lowest BCUT2D eigenvalue weighted by molar-refractivity contribution is -0.119. The molecule has 5 nitrogen and oxygen atoms in total. The molecule has 118 valence electrons. The van der Waals surface area contributed by atoms with Gasteiger partial charge in [0.2, 0.25) is 5.91 Å². The fourth-order valence-corrected chi connectivity index (χ4v) is 2.64. The van der Waals surface area contributed by atoms with Gasteiger partial charge in [-0.15, -0.1) is 0 Å². The van der Waals surface area contributed by atoms with Crippen LogP contribution in [0.3, 0.4) is 0 Å². The number of aromatic nitrogens is 1. The number of hydrogen-bond donors (Lipinski definition) is 1. The molecule has 2 heterocycles. The number of hydrogen-bond acceptors (Lipinski definition) is 4. The van der Waals surface area contributed by atoms with E-state index in [0.29, 0.717) is 0 Å². The number of aryl methyl sites for hydroxylation is 2. The van der Waals surface area contributed by atoms with Crippen molar-refractivity contribution >= 4 is 22.5 Å². The molecule has 0 saturated carbocycles. The van der Waals surface area contributed by atoms with Gasteiger partial charge in [0.1, 0.15) is 12.3 Å². The number of rotatable bonds is 4. The standard InChI is InChI=1S/C18H18N2O3/c1-11-6-7-13(19-16(21)10-22-3)17-12(2)9-14(20-18(11)17)15-5-4-8-23-15/h4-9H,10H2,1-3H3,(H,19,21). The number of benzene rings is 1. The van der Waals surface area contributed by atoms with Gasteiger partial charge in [-0.05, 0) is 49.2 Å². The summed E-state index contributed by atoms with van der Waals surface area (Å²) in [5.74, 6) is 0.537. The average Bonchev–Trinajstić information content (AvgIpc) is 3.04. The highest BCUT2D eigenvalue weighted by Gasteiger charge is 2.13. The topological polar surface area (TPSA) is 64.4 Å². The molecule has 3 rings (SSSR count). The number of furan rings is 1. The van der Waals surface area contributed by atoms with Gasteiger partial charge in [-0.3, -0.25) is 4.79 Å². The molecule has 0 aliphatic carbocycles. The zero-order chi connectivity index (χ0) is 16.4. The lowest BCUT2D eigenvalue weighted by Gasteiger charge is -2.13. The van der Waals surface area contributed by atoms with E-state index in [1.807, 2.05) is 44.2 Å². The van der Waals surface area contributed by atoms with Crippen LogP contribution in [-0.2, 0) is 9.53 Å². The molecule has 0 bridgehead atoms. The third kappa shape index (κ3) is 2.96. The molecule has 0 atom stereocenters. The Morgan fingerprint density at radius 3 is 2.78 bits per heavy atom. The Hall–Kier alpha value is -2.66. The second kappa shape index (κ2) is 6.22. The van der Waals surface area contributed by atoms with Crippen LogP contribution in [0.2, 0.25) is 0 Å². The SMILES string of the molecule is COCC(=O)Nc1ccc(C)c2nc(-c3ccco3)cc(C)c12. The molecule has 1 amide bonds. The van der Waals surface area contributed by atoms with Crippen LogP contribution in [0.15, 0.2) is 41.0 Å². The smallest absolute Gasteiger partial charge is 0.250 e. The summed E-state index contributed by atoms with van der Waals surface area (Å²) in [4.78, 5) is 16.6. The van der Waals surface area contributed by atoms with Gasteiger partial charge in [-0.25, -0.2) is 4.98 Å². The molecule has 0 aliphatic rings. The number of carbonyl (C=O) groups excluding carboxylic acids is 1. The number of methoxy groups -OCH3 is 1. The fourth-order valence-electron chi connectivity index (χ4n) is 2.64. The van der Waals surface area contributed by atoms with Crippen LogP contribution < -0.4 is 5.32 Å². The van der Waals surface area contributed by atoms with E-state index in [9.17, 15) is 4.79 Å². The number of carbonyl (C=O) groups is 1. The Morgan fingerprint density at radius 1 is 1.26 bits per heavy atom. The summed E-state index contributed by atoms with van der Waals surface area (Å²) < 4.78 is 10.3. The molecule has 0 radical (unpaired) electrons. The third-order valence-electron chi connectivity index (χ3n) is 3.68. The van der Waals surface area contributed by atoms with Gasteiger partial charge in [0, 0.05) is 12.5 Å². The van der Waals surface area contributed by atoms with Crippen molar-refractivity contribution in [1.29, 1.82) is 0 Å². The predicted octanol–water partition coefficient (Wildman–Crippen LogP) is 3.70. The summed E-state index contributed by atoms with van der Waals surface area (Å²) >= 11 is 0. The van der Waals surface area contributed by atoms with Crippen molar-refractivity contribution in [2.45, 2.75) is 13.8 Å². The van der Waals surface area contributed by atoms with Crippen molar-refractivity contribution in [3.63, 3.8) is 0 Å². The summed E-state index contributed by atoms with van der Waals surface area (Å²) in [6.07, 6.45) is 1.63. The Balaban J connectivity index is 2.14. The average molecular weight is 310 g/mol. The third-order valence-corrected chi connectivity index (χ3v) is 3.68. The van der Waals surface area contributed by atoms with Gasteiger partial charge < -0.3 is 14.5 Å². The van der Waals surface area contributed by atoms with Crippen molar-refractivity contribution in [3.8, 4) is 11.5 Å².